The Morgan fingerprint density at radius 1 is 1.03 bits per heavy atom. The lowest BCUT2D eigenvalue weighted by Crippen LogP contribution is -2.40. The van der Waals surface area contributed by atoms with Crippen molar-refractivity contribution >= 4 is 44.4 Å². The van der Waals surface area contributed by atoms with Gasteiger partial charge in [-0.15, -0.1) is 0 Å². The van der Waals surface area contributed by atoms with Crippen molar-refractivity contribution in [3.8, 4) is 0 Å². The van der Waals surface area contributed by atoms with E-state index in [1.165, 1.54) is 23.1 Å². The number of fused-ring (bicyclic) bond motifs is 2. The van der Waals surface area contributed by atoms with Crippen LogP contribution >= 0.6 is 15.9 Å². The molecule has 1 aliphatic heterocycles. The number of anilines is 1. The number of halogens is 2. The second-order valence-electron chi connectivity index (χ2n) is 7.65. The smallest absolute Gasteiger partial charge is 0.349 e. The van der Waals surface area contributed by atoms with Crippen molar-refractivity contribution in [1.82, 2.24) is 4.90 Å². The minimum atomic E-state index is -0.796. The topological polar surface area (TPSA) is 79.6 Å². The minimum Gasteiger partial charge on any atom is -0.422 e. The molecule has 2 amide bonds. The number of hydrogen-bond donors (Lipinski definition) is 1. The normalized spacial score (nSPS) is 15.6. The molecule has 1 N–H and O–H groups in total. The third kappa shape index (κ3) is 3.93. The lowest BCUT2D eigenvalue weighted by atomic mass is 9.95. The highest BCUT2D eigenvalue weighted by Gasteiger charge is 2.35. The Morgan fingerprint density at radius 3 is 2.58 bits per heavy atom. The molecule has 33 heavy (non-hydrogen) atoms. The van der Waals surface area contributed by atoms with Gasteiger partial charge in [0.2, 0.25) is 5.91 Å². The van der Waals surface area contributed by atoms with Crippen LogP contribution in [0.4, 0.5) is 10.1 Å². The van der Waals surface area contributed by atoms with Crippen LogP contribution in [0.25, 0.3) is 11.0 Å². The molecule has 0 fully saturated rings. The Labute approximate surface area is 195 Å². The van der Waals surface area contributed by atoms with Crippen LogP contribution in [0.5, 0.6) is 0 Å². The number of carbonyl (C=O) groups excluding carboxylic acids is 2. The number of nitrogens with one attached hydrogen (secondary N) is 1. The summed E-state index contributed by atoms with van der Waals surface area (Å²) in [5, 5.41) is 3.40. The van der Waals surface area contributed by atoms with Gasteiger partial charge in [0.05, 0.1) is 6.04 Å². The molecule has 0 spiro atoms. The number of para-hydroxylation sites is 1. The van der Waals surface area contributed by atoms with Crippen LogP contribution in [0.15, 0.2) is 86.5 Å². The monoisotopic (exact) mass is 506 g/mol. The summed E-state index contributed by atoms with van der Waals surface area (Å²) in [5.74, 6) is -1.50. The lowest BCUT2D eigenvalue weighted by Gasteiger charge is -2.30. The van der Waals surface area contributed by atoms with E-state index >= 15 is 0 Å². The zero-order chi connectivity index (χ0) is 23.1. The van der Waals surface area contributed by atoms with Gasteiger partial charge in [0.1, 0.15) is 23.5 Å². The Hall–Kier alpha value is -3.78. The fourth-order valence-electron chi connectivity index (χ4n) is 4.04. The average molecular weight is 507 g/mol. The molecule has 4 aromatic rings. The summed E-state index contributed by atoms with van der Waals surface area (Å²) in [6.07, 6.45) is 0. The molecule has 3 aromatic carbocycles. The Morgan fingerprint density at radius 2 is 1.79 bits per heavy atom. The standard InChI is InChI=1S/C25H16BrFN2O4/c26-16-7-10-20-18(12-16)23(14-5-8-17(27)9-6-14)29(13-22(30)28-20)24(31)19-11-15-3-1-2-4-21(15)33-25(19)32/h1-12,23H,13H2,(H,28,30)/t23-/m0/s1. The highest BCUT2D eigenvalue weighted by atomic mass is 79.9. The number of amides is 2. The molecule has 0 unspecified atom stereocenters. The summed E-state index contributed by atoms with van der Waals surface area (Å²) in [6, 6.07) is 18.6. The summed E-state index contributed by atoms with van der Waals surface area (Å²) in [5.41, 5.74) is 1.12. The van der Waals surface area contributed by atoms with Crippen molar-refractivity contribution in [2.45, 2.75) is 6.04 Å². The molecule has 0 aliphatic carbocycles. The van der Waals surface area contributed by atoms with Gasteiger partial charge in [-0.2, -0.15) is 0 Å². The van der Waals surface area contributed by atoms with Gasteiger partial charge in [-0.25, -0.2) is 9.18 Å². The van der Waals surface area contributed by atoms with E-state index in [9.17, 15) is 18.8 Å². The third-order valence-corrected chi connectivity index (χ3v) is 6.02. The van der Waals surface area contributed by atoms with Crippen LogP contribution in [-0.4, -0.2) is 23.3 Å². The van der Waals surface area contributed by atoms with Crippen LogP contribution in [-0.2, 0) is 4.79 Å². The number of nitrogens with zero attached hydrogens (tertiary/aromatic N) is 1. The van der Waals surface area contributed by atoms with Crippen molar-refractivity contribution in [3.05, 3.63) is 110 Å². The maximum absolute atomic E-state index is 13.7. The van der Waals surface area contributed by atoms with Gasteiger partial charge in [-0.1, -0.05) is 46.3 Å². The molecule has 0 bridgehead atoms. The second kappa shape index (κ2) is 8.29. The highest BCUT2D eigenvalue weighted by molar-refractivity contribution is 9.10. The molecule has 1 atom stereocenters. The maximum atomic E-state index is 13.7. The van der Waals surface area contributed by atoms with E-state index in [-0.39, 0.29) is 12.1 Å². The molecule has 0 saturated heterocycles. The first-order valence-corrected chi connectivity index (χ1v) is 10.9. The molecule has 2 heterocycles. The molecule has 5 rings (SSSR count). The van der Waals surface area contributed by atoms with Crippen molar-refractivity contribution in [3.63, 3.8) is 0 Å². The molecule has 0 saturated carbocycles. The Kier molecular flexibility index (Phi) is 5.30. The van der Waals surface area contributed by atoms with Gasteiger partial charge in [0.15, 0.2) is 0 Å². The van der Waals surface area contributed by atoms with Crippen molar-refractivity contribution in [1.29, 1.82) is 0 Å². The Bertz CT molecular complexity index is 1470. The van der Waals surface area contributed by atoms with Crippen LogP contribution < -0.4 is 10.9 Å². The zero-order valence-electron chi connectivity index (χ0n) is 17.0. The molecule has 1 aliphatic rings. The molecule has 0 radical (unpaired) electrons. The molecule has 6 nitrogen and oxygen atoms in total. The molecule has 8 heteroatoms. The van der Waals surface area contributed by atoms with Gasteiger partial charge in [-0.3, -0.25) is 9.59 Å². The number of carbonyl (C=O) groups is 2. The van der Waals surface area contributed by atoms with E-state index in [1.807, 2.05) is 0 Å². The Balaban J connectivity index is 1.70. The summed E-state index contributed by atoms with van der Waals surface area (Å²) in [7, 11) is 0. The highest BCUT2D eigenvalue weighted by Crippen LogP contribution is 2.38. The third-order valence-electron chi connectivity index (χ3n) is 5.53. The summed E-state index contributed by atoms with van der Waals surface area (Å²) < 4.78 is 19.8. The summed E-state index contributed by atoms with van der Waals surface area (Å²) in [6.45, 7) is -0.306. The molecular formula is C25H16BrFN2O4. The van der Waals surface area contributed by atoms with E-state index < -0.39 is 29.3 Å². The van der Waals surface area contributed by atoms with Crippen LogP contribution in [0, 0.1) is 5.82 Å². The minimum absolute atomic E-state index is 0.188. The van der Waals surface area contributed by atoms with E-state index in [0.29, 0.717) is 27.8 Å². The first kappa shape index (κ1) is 21.1. The fourth-order valence-corrected chi connectivity index (χ4v) is 4.42. The van der Waals surface area contributed by atoms with Crippen LogP contribution in [0.1, 0.15) is 27.5 Å². The quantitative estimate of drug-likeness (QED) is 0.393. The summed E-state index contributed by atoms with van der Waals surface area (Å²) in [4.78, 5) is 40.4. The van der Waals surface area contributed by atoms with Gasteiger partial charge in [0.25, 0.3) is 5.91 Å². The van der Waals surface area contributed by atoms with Crippen molar-refractivity contribution in [2.24, 2.45) is 0 Å². The van der Waals surface area contributed by atoms with E-state index in [0.717, 1.165) is 4.47 Å². The van der Waals surface area contributed by atoms with Gasteiger partial charge in [-0.05, 0) is 48.0 Å². The predicted octanol–water partition coefficient (Wildman–Crippen LogP) is 4.88. The average Bonchev–Trinajstić information content (AvgIpc) is 2.94. The molecule has 1 aromatic heterocycles. The van der Waals surface area contributed by atoms with Crippen molar-refractivity contribution < 1.29 is 18.4 Å². The first-order valence-electron chi connectivity index (χ1n) is 10.1. The largest absolute Gasteiger partial charge is 0.422 e. The molecule has 164 valence electrons. The van der Waals surface area contributed by atoms with Crippen LogP contribution in [0.3, 0.4) is 0 Å². The SMILES string of the molecule is O=C1CN(C(=O)c2cc3ccccc3oc2=O)[C@@H](c2ccc(F)cc2)c2cc(Br)ccc2N1. The van der Waals surface area contributed by atoms with E-state index in [4.69, 9.17) is 4.42 Å². The number of benzene rings is 3. The predicted molar refractivity (Wildman–Crippen MR) is 125 cm³/mol. The molecular weight excluding hydrogens is 491 g/mol. The van der Waals surface area contributed by atoms with Crippen molar-refractivity contribution in [2.75, 3.05) is 11.9 Å². The van der Waals surface area contributed by atoms with E-state index in [1.54, 1.807) is 54.6 Å². The van der Waals surface area contributed by atoms with Gasteiger partial charge >= 0.3 is 5.63 Å². The van der Waals surface area contributed by atoms with Crippen LogP contribution in [0.2, 0.25) is 0 Å². The lowest BCUT2D eigenvalue weighted by molar-refractivity contribution is -0.117. The second-order valence-corrected chi connectivity index (χ2v) is 8.57. The maximum Gasteiger partial charge on any atom is 0.349 e. The zero-order valence-corrected chi connectivity index (χ0v) is 18.6. The fraction of sp³-hybridized carbons (Fsp3) is 0.0800. The van der Waals surface area contributed by atoms with E-state index in [2.05, 4.69) is 21.2 Å². The first-order chi connectivity index (χ1) is 15.9. The van der Waals surface area contributed by atoms with Gasteiger partial charge in [0, 0.05) is 21.1 Å². The number of hydrogen-bond acceptors (Lipinski definition) is 4. The number of rotatable bonds is 2. The summed E-state index contributed by atoms with van der Waals surface area (Å²) >= 11 is 3.44. The van der Waals surface area contributed by atoms with Gasteiger partial charge < -0.3 is 14.6 Å².